The number of nitrogens with two attached hydrogens (primary N) is 1. The van der Waals surface area contributed by atoms with E-state index in [2.05, 4.69) is 20.7 Å². The molecule has 4 nitrogen and oxygen atoms in total. The van der Waals surface area contributed by atoms with E-state index in [1.54, 1.807) is 0 Å². The van der Waals surface area contributed by atoms with Gasteiger partial charge >= 0.3 is 5.97 Å². The fourth-order valence-electron chi connectivity index (χ4n) is 1.23. The fraction of sp³-hybridized carbons (Fsp3) is 0.364. The number of ether oxygens (including phenoxy) is 2. The predicted octanol–water partition coefficient (Wildman–Crippen LogP) is 2.50. The molecule has 1 rings (SSSR count). The third kappa shape index (κ3) is 4.22. The van der Waals surface area contributed by atoms with Crippen LogP contribution >= 0.6 is 15.9 Å². The number of carbonyl (C=O) groups excluding carboxylic acids is 1. The zero-order chi connectivity index (χ0) is 12.8. The van der Waals surface area contributed by atoms with Gasteiger partial charge in [-0.2, -0.15) is 0 Å². The molecule has 0 bridgehead atoms. The first-order valence-corrected chi connectivity index (χ1v) is 5.78. The van der Waals surface area contributed by atoms with E-state index < -0.39 is 5.82 Å². The summed E-state index contributed by atoms with van der Waals surface area (Å²) in [7, 11) is 1.33. The zero-order valence-corrected chi connectivity index (χ0v) is 10.9. The molecule has 0 spiro atoms. The number of rotatable bonds is 5. The van der Waals surface area contributed by atoms with Gasteiger partial charge in [-0.15, -0.1) is 0 Å². The Labute approximate surface area is 107 Å². The Hall–Kier alpha value is -1.30. The molecule has 0 heterocycles. The van der Waals surface area contributed by atoms with Crippen molar-refractivity contribution in [2.24, 2.45) is 0 Å². The van der Waals surface area contributed by atoms with Gasteiger partial charge < -0.3 is 15.2 Å². The van der Waals surface area contributed by atoms with Gasteiger partial charge in [0.2, 0.25) is 0 Å². The number of esters is 1. The number of anilines is 1. The van der Waals surface area contributed by atoms with Gasteiger partial charge in [0.1, 0.15) is 5.82 Å². The van der Waals surface area contributed by atoms with Crippen molar-refractivity contribution < 1.29 is 18.7 Å². The molecule has 0 unspecified atom stereocenters. The molecular formula is C11H13BrFNO3. The topological polar surface area (TPSA) is 61.5 Å². The van der Waals surface area contributed by atoms with Gasteiger partial charge in [-0.3, -0.25) is 4.79 Å². The maximum absolute atomic E-state index is 12.9. The van der Waals surface area contributed by atoms with Crippen molar-refractivity contribution in [1.29, 1.82) is 0 Å². The first-order valence-electron chi connectivity index (χ1n) is 4.98. The number of benzene rings is 1. The maximum Gasteiger partial charge on any atom is 0.305 e. The van der Waals surface area contributed by atoms with Gasteiger partial charge in [0, 0.05) is 12.5 Å². The lowest BCUT2D eigenvalue weighted by atomic mass is 10.3. The fourth-order valence-corrected chi connectivity index (χ4v) is 1.79. The molecule has 1 aromatic rings. The highest BCUT2D eigenvalue weighted by molar-refractivity contribution is 9.10. The van der Waals surface area contributed by atoms with Crippen molar-refractivity contribution in [3.05, 3.63) is 22.4 Å². The van der Waals surface area contributed by atoms with Crippen molar-refractivity contribution in [3.63, 3.8) is 0 Å². The highest BCUT2D eigenvalue weighted by Gasteiger charge is 2.09. The Morgan fingerprint density at radius 2 is 2.24 bits per heavy atom. The van der Waals surface area contributed by atoms with Crippen molar-refractivity contribution in [3.8, 4) is 5.75 Å². The largest absolute Gasteiger partial charge is 0.490 e. The van der Waals surface area contributed by atoms with Crippen LogP contribution in [0, 0.1) is 5.82 Å². The third-order valence-corrected chi connectivity index (χ3v) is 2.63. The second kappa shape index (κ2) is 6.44. The number of hydrogen-bond acceptors (Lipinski definition) is 4. The smallest absolute Gasteiger partial charge is 0.305 e. The minimum atomic E-state index is -0.434. The minimum Gasteiger partial charge on any atom is -0.490 e. The molecule has 0 amide bonds. The van der Waals surface area contributed by atoms with E-state index in [4.69, 9.17) is 10.5 Å². The van der Waals surface area contributed by atoms with E-state index in [1.165, 1.54) is 19.2 Å². The summed E-state index contributed by atoms with van der Waals surface area (Å²) in [5.74, 6) is -0.340. The average Bonchev–Trinajstić information content (AvgIpc) is 2.26. The average molecular weight is 306 g/mol. The summed E-state index contributed by atoms with van der Waals surface area (Å²) in [6.45, 7) is 0.309. The van der Waals surface area contributed by atoms with Crippen LogP contribution in [0.25, 0.3) is 0 Å². The van der Waals surface area contributed by atoms with E-state index in [9.17, 15) is 9.18 Å². The third-order valence-electron chi connectivity index (χ3n) is 2.04. The minimum absolute atomic E-state index is 0.218. The lowest BCUT2D eigenvalue weighted by Crippen LogP contribution is -2.06. The second-order valence-corrected chi connectivity index (χ2v) is 4.19. The Bertz CT molecular complexity index is 389. The van der Waals surface area contributed by atoms with Crippen LogP contribution in [0.2, 0.25) is 0 Å². The van der Waals surface area contributed by atoms with Gasteiger partial charge in [-0.1, -0.05) is 0 Å². The van der Waals surface area contributed by atoms with E-state index in [0.717, 1.165) is 0 Å². The molecule has 6 heteroatoms. The molecule has 0 fully saturated rings. The molecular weight excluding hydrogens is 293 g/mol. The van der Waals surface area contributed by atoms with Gasteiger partial charge in [0.05, 0.1) is 23.9 Å². The van der Waals surface area contributed by atoms with Crippen LogP contribution < -0.4 is 10.5 Å². The molecule has 0 saturated carbocycles. The van der Waals surface area contributed by atoms with E-state index >= 15 is 0 Å². The second-order valence-electron chi connectivity index (χ2n) is 3.33. The molecule has 17 heavy (non-hydrogen) atoms. The van der Waals surface area contributed by atoms with Crippen molar-refractivity contribution in [2.75, 3.05) is 19.5 Å². The molecule has 0 aromatic heterocycles. The lowest BCUT2D eigenvalue weighted by molar-refractivity contribution is -0.140. The standard InChI is InChI=1S/C11H13BrFNO3/c1-16-10(15)3-2-4-17-11-8(12)5-7(13)6-9(11)14/h5-6H,2-4,14H2,1H3. The summed E-state index contributed by atoms with van der Waals surface area (Å²) in [6, 6.07) is 2.45. The summed E-state index contributed by atoms with van der Waals surface area (Å²) in [5.41, 5.74) is 5.82. The number of nitrogen functional groups attached to an aromatic ring is 1. The van der Waals surface area contributed by atoms with Crippen molar-refractivity contribution >= 4 is 27.6 Å². The van der Waals surface area contributed by atoms with E-state index in [-0.39, 0.29) is 18.1 Å². The first-order chi connectivity index (χ1) is 8.04. The van der Waals surface area contributed by atoms with Gasteiger partial charge in [0.25, 0.3) is 0 Å². The molecule has 0 aliphatic heterocycles. The number of halogens is 2. The van der Waals surface area contributed by atoms with Crippen LogP contribution in [0.4, 0.5) is 10.1 Å². The summed E-state index contributed by atoms with van der Waals surface area (Å²) >= 11 is 3.16. The van der Waals surface area contributed by atoms with Gasteiger partial charge in [-0.05, 0) is 28.4 Å². The number of methoxy groups -OCH3 is 1. The summed E-state index contributed by atoms with van der Waals surface area (Å²) in [5, 5.41) is 0. The van der Waals surface area contributed by atoms with Gasteiger partial charge in [-0.25, -0.2) is 4.39 Å². The molecule has 0 atom stereocenters. The van der Waals surface area contributed by atoms with Crippen LogP contribution in [0.1, 0.15) is 12.8 Å². The van der Waals surface area contributed by atoms with Crippen molar-refractivity contribution in [1.82, 2.24) is 0 Å². The quantitative estimate of drug-likeness (QED) is 0.516. The monoisotopic (exact) mass is 305 g/mol. The molecule has 0 aliphatic rings. The molecule has 0 radical (unpaired) electrons. The Balaban J connectivity index is 2.50. The number of hydrogen-bond donors (Lipinski definition) is 1. The predicted molar refractivity (Wildman–Crippen MR) is 65.3 cm³/mol. The SMILES string of the molecule is COC(=O)CCCOc1c(N)cc(F)cc1Br. The lowest BCUT2D eigenvalue weighted by Gasteiger charge is -2.10. The van der Waals surface area contributed by atoms with Crippen LogP contribution in [-0.4, -0.2) is 19.7 Å². The maximum atomic E-state index is 12.9. The summed E-state index contributed by atoms with van der Waals surface area (Å²) < 4.78 is 23.2. The highest BCUT2D eigenvalue weighted by Crippen LogP contribution is 2.32. The van der Waals surface area contributed by atoms with Crippen LogP contribution in [0.5, 0.6) is 5.75 Å². The van der Waals surface area contributed by atoms with Crippen LogP contribution in [0.15, 0.2) is 16.6 Å². The Morgan fingerprint density at radius 1 is 1.53 bits per heavy atom. The molecule has 0 saturated heterocycles. The Kier molecular flexibility index (Phi) is 5.21. The highest BCUT2D eigenvalue weighted by atomic mass is 79.9. The van der Waals surface area contributed by atoms with Crippen molar-refractivity contribution in [2.45, 2.75) is 12.8 Å². The van der Waals surface area contributed by atoms with Crippen LogP contribution in [0.3, 0.4) is 0 Å². The molecule has 0 aliphatic carbocycles. The first kappa shape index (κ1) is 13.8. The molecule has 2 N–H and O–H groups in total. The molecule has 94 valence electrons. The summed E-state index contributed by atoms with van der Waals surface area (Å²) in [6.07, 6.45) is 0.783. The normalized spacial score (nSPS) is 10.1. The molecule has 1 aromatic carbocycles. The van der Waals surface area contributed by atoms with Gasteiger partial charge in [0.15, 0.2) is 5.75 Å². The summed E-state index contributed by atoms with van der Waals surface area (Å²) in [4.78, 5) is 10.8. The van der Waals surface area contributed by atoms with E-state index in [0.29, 0.717) is 23.2 Å². The zero-order valence-electron chi connectivity index (χ0n) is 9.33. The van der Waals surface area contributed by atoms with Crippen LogP contribution in [-0.2, 0) is 9.53 Å². The number of carbonyl (C=O) groups is 1. The Morgan fingerprint density at radius 3 is 2.82 bits per heavy atom. The van der Waals surface area contributed by atoms with E-state index in [1.807, 2.05) is 0 Å².